The summed E-state index contributed by atoms with van der Waals surface area (Å²) in [4.78, 5) is 2.61. The third-order valence-corrected chi connectivity index (χ3v) is 4.66. The van der Waals surface area contributed by atoms with Crippen molar-refractivity contribution in [1.82, 2.24) is 4.90 Å². The van der Waals surface area contributed by atoms with Crippen molar-refractivity contribution in [2.45, 2.75) is 50.1 Å². The van der Waals surface area contributed by atoms with Gasteiger partial charge in [-0.2, -0.15) is 0 Å². The Bertz CT molecular complexity index is 236. The van der Waals surface area contributed by atoms with Crippen molar-refractivity contribution >= 4 is 0 Å². The summed E-state index contributed by atoms with van der Waals surface area (Å²) >= 11 is 0. The Kier molecular flexibility index (Phi) is 5.42. The first-order chi connectivity index (χ1) is 8.79. The maximum atomic E-state index is 6.55. The van der Waals surface area contributed by atoms with Gasteiger partial charge < -0.3 is 15.2 Å². The van der Waals surface area contributed by atoms with Crippen LogP contribution in [-0.4, -0.2) is 56.5 Å². The fraction of sp³-hybridized carbons (Fsp3) is 1.00. The number of morpholine rings is 1. The molecule has 0 bridgehead atoms. The molecule has 2 N–H and O–H groups in total. The molecular formula is C14H28N2O2. The molecule has 0 spiro atoms. The Hall–Kier alpha value is -0.160. The van der Waals surface area contributed by atoms with E-state index in [2.05, 4.69) is 4.90 Å². The van der Waals surface area contributed by atoms with Gasteiger partial charge in [0.15, 0.2) is 0 Å². The molecule has 1 saturated carbocycles. The largest absolute Gasteiger partial charge is 0.385 e. The monoisotopic (exact) mass is 256 g/mol. The van der Waals surface area contributed by atoms with Crippen LogP contribution in [0.4, 0.5) is 0 Å². The lowest BCUT2D eigenvalue weighted by atomic mass is 9.83. The van der Waals surface area contributed by atoms with E-state index >= 15 is 0 Å². The average Bonchev–Trinajstić information content (AvgIpc) is 2.90. The molecule has 1 saturated heterocycles. The first-order valence-electron chi connectivity index (χ1n) is 7.37. The molecule has 0 radical (unpaired) electrons. The van der Waals surface area contributed by atoms with Gasteiger partial charge in [0.1, 0.15) is 0 Å². The van der Waals surface area contributed by atoms with Crippen LogP contribution in [0.15, 0.2) is 0 Å². The Morgan fingerprint density at radius 2 is 1.94 bits per heavy atom. The second-order valence-electron chi connectivity index (χ2n) is 5.65. The van der Waals surface area contributed by atoms with E-state index in [0.29, 0.717) is 0 Å². The molecule has 106 valence electrons. The summed E-state index contributed by atoms with van der Waals surface area (Å²) in [7, 11) is 1.76. The normalized spacial score (nSPS) is 26.3. The molecule has 2 rings (SSSR count). The van der Waals surface area contributed by atoms with Crippen LogP contribution < -0.4 is 5.73 Å². The van der Waals surface area contributed by atoms with Crippen molar-refractivity contribution in [2.75, 3.05) is 40.0 Å². The summed E-state index contributed by atoms with van der Waals surface area (Å²) in [5, 5.41) is 0. The summed E-state index contributed by atoms with van der Waals surface area (Å²) in [6.07, 6.45) is 7.34. The van der Waals surface area contributed by atoms with Crippen molar-refractivity contribution in [2.24, 2.45) is 5.73 Å². The molecule has 18 heavy (non-hydrogen) atoms. The second kappa shape index (κ2) is 6.85. The van der Waals surface area contributed by atoms with Gasteiger partial charge in [0.2, 0.25) is 0 Å². The van der Waals surface area contributed by atoms with Crippen molar-refractivity contribution in [3.63, 3.8) is 0 Å². The molecule has 1 unspecified atom stereocenters. The summed E-state index contributed by atoms with van der Waals surface area (Å²) in [6, 6.07) is 0.285. The van der Waals surface area contributed by atoms with Crippen molar-refractivity contribution < 1.29 is 9.47 Å². The van der Waals surface area contributed by atoms with Crippen LogP contribution in [-0.2, 0) is 9.47 Å². The Labute approximate surface area is 111 Å². The summed E-state index contributed by atoms with van der Waals surface area (Å²) < 4.78 is 10.6. The molecule has 1 heterocycles. The molecule has 4 heteroatoms. The minimum absolute atomic E-state index is 0.248. The van der Waals surface area contributed by atoms with Gasteiger partial charge in [0, 0.05) is 38.4 Å². The molecule has 1 aliphatic carbocycles. The number of nitrogens with zero attached hydrogens (tertiary/aromatic N) is 1. The van der Waals surface area contributed by atoms with Gasteiger partial charge in [0.05, 0.1) is 13.2 Å². The van der Waals surface area contributed by atoms with Gasteiger partial charge in [-0.15, -0.1) is 0 Å². The molecule has 4 nitrogen and oxygen atoms in total. The van der Waals surface area contributed by atoms with Crippen LogP contribution in [0.3, 0.4) is 0 Å². The highest BCUT2D eigenvalue weighted by Crippen LogP contribution is 2.39. The number of hydrogen-bond acceptors (Lipinski definition) is 4. The van der Waals surface area contributed by atoms with Crippen molar-refractivity contribution in [1.29, 1.82) is 0 Å². The first kappa shape index (κ1) is 14.3. The van der Waals surface area contributed by atoms with E-state index < -0.39 is 0 Å². The fourth-order valence-electron chi connectivity index (χ4n) is 3.63. The van der Waals surface area contributed by atoms with E-state index in [4.69, 9.17) is 15.2 Å². The van der Waals surface area contributed by atoms with Crippen LogP contribution in [0.1, 0.15) is 38.5 Å². The Morgan fingerprint density at radius 3 is 2.56 bits per heavy atom. The molecule has 1 aliphatic heterocycles. The van der Waals surface area contributed by atoms with Gasteiger partial charge in [-0.05, 0) is 25.7 Å². The molecule has 1 atom stereocenters. The van der Waals surface area contributed by atoms with E-state index in [-0.39, 0.29) is 11.6 Å². The lowest BCUT2D eigenvalue weighted by Gasteiger charge is -2.47. The van der Waals surface area contributed by atoms with E-state index in [1.165, 1.54) is 25.7 Å². The molecular weight excluding hydrogens is 228 g/mol. The number of methoxy groups -OCH3 is 1. The smallest absolute Gasteiger partial charge is 0.0594 e. The maximum absolute atomic E-state index is 6.55. The zero-order valence-electron chi connectivity index (χ0n) is 11.7. The van der Waals surface area contributed by atoms with Gasteiger partial charge in [0.25, 0.3) is 0 Å². The van der Waals surface area contributed by atoms with E-state index in [9.17, 15) is 0 Å². The van der Waals surface area contributed by atoms with Crippen molar-refractivity contribution in [3.05, 3.63) is 0 Å². The van der Waals surface area contributed by atoms with Gasteiger partial charge in [-0.3, -0.25) is 4.90 Å². The van der Waals surface area contributed by atoms with E-state index in [0.717, 1.165) is 45.8 Å². The highest BCUT2D eigenvalue weighted by Gasteiger charge is 2.44. The van der Waals surface area contributed by atoms with Crippen LogP contribution >= 0.6 is 0 Å². The van der Waals surface area contributed by atoms with Crippen molar-refractivity contribution in [3.8, 4) is 0 Å². The molecule has 2 aliphatic rings. The highest BCUT2D eigenvalue weighted by atomic mass is 16.5. The number of rotatable bonds is 6. The zero-order chi connectivity index (χ0) is 12.8. The van der Waals surface area contributed by atoms with E-state index in [1.807, 2.05) is 0 Å². The first-order valence-corrected chi connectivity index (χ1v) is 7.37. The Morgan fingerprint density at radius 1 is 1.28 bits per heavy atom. The zero-order valence-corrected chi connectivity index (χ0v) is 11.7. The minimum Gasteiger partial charge on any atom is -0.385 e. The predicted octanol–water partition coefficient (Wildman–Crippen LogP) is 1.39. The lowest BCUT2D eigenvalue weighted by molar-refractivity contribution is -0.0323. The summed E-state index contributed by atoms with van der Waals surface area (Å²) in [5.41, 5.74) is 6.80. The third kappa shape index (κ3) is 3.05. The fourth-order valence-corrected chi connectivity index (χ4v) is 3.63. The van der Waals surface area contributed by atoms with Gasteiger partial charge in [-0.25, -0.2) is 0 Å². The second-order valence-corrected chi connectivity index (χ2v) is 5.65. The van der Waals surface area contributed by atoms with Gasteiger partial charge in [-0.1, -0.05) is 12.8 Å². The highest BCUT2D eigenvalue weighted by molar-refractivity contribution is 5.02. The summed E-state index contributed by atoms with van der Waals surface area (Å²) in [5.74, 6) is 0. The topological polar surface area (TPSA) is 47.7 Å². The third-order valence-electron chi connectivity index (χ3n) is 4.66. The predicted molar refractivity (Wildman–Crippen MR) is 72.7 cm³/mol. The van der Waals surface area contributed by atoms with Gasteiger partial charge >= 0.3 is 0 Å². The lowest BCUT2D eigenvalue weighted by Crippen LogP contribution is -2.61. The minimum atomic E-state index is 0.248. The standard InChI is InChI=1S/C14H28N2O2/c1-17-10-4-5-13(15)14(6-2-3-7-14)16-8-11-18-12-9-16/h13H,2-12,15H2,1H3. The maximum Gasteiger partial charge on any atom is 0.0594 e. The quantitative estimate of drug-likeness (QED) is 0.730. The van der Waals surface area contributed by atoms with Crippen LogP contribution in [0, 0.1) is 0 Å². The van der Waals surface area contributed by atoms with Crippen LogP contribution in [0.5, 0.6) is 0 Å². The molecule has 0 aromatic carbocycles. The SMILES string of the molecule is COCCCC(N)C1(N2CCOCC2)CCCC1. The molecule has 0 aromatic heterocycles. The number of hydrogen-bond donors (Lipinski definition) is 1. The molecule has 2 fully saturated rings. The van der Waals surface area contributed by atoms with Crippen LogP contribution in [0.25, 0.3) is 0 Å². The molecule has 0 aromatic rings. The van der Waals surface area contributed by atoms with Crippen LogP contribution in [0.2, 0.25) is 0 Å². The summed E-state index contributed by atoms with van der Waals surface area (Å²) in [6.45, 7) is 4.67. The Balaban J connectivity index is 1.96. The number of ether oxygens (including phenoxy) is 2. The number of nitrogens with two attached hydrogens (primary N) is 1. The molecule has 0 amide bonds. The average molecular weight is 256 g/mol. The van der Waals surface area contributed by atoms with E-state index in [1.54, 1.807) is 7.11 Å².